The molecule has 0 N–H and O–H groups in total. The van der Waals surface area contributed by atoms with Crippen LogP contribution in [0.2, 0.25) is 5.02 Å². The van der Waals surface area contributed by atoms with Gasteiger partial charge in [0.05, 0.1) is 17.8 Å². The van der Waals surface area contributed by atoms with Crippen LogP contribution in [0.5, 0.6) is 5.75 Å². The molecule has 0 radical (unpaired) electrons. The number of carbonyl (C=O) groups excluding carboxylic acids is 1. The number of ether oxygens (including phenoxy) is 1. The highest BCUT2D eigenvalue weighted by molar-refractivity contribution is 6.32. The van der Waals surface area contributed by atoms with Gasteiger partial charge in [0.1, 0.15) is 23.9 Å². The second-order valence-electron chi connectivity index (χ2n) is 7.09. The molecule has 29 heavy (non-hydrogen) atoms. The Morgan fingerprint density at radius 3 is 2.62 bits per heavy atom. The lowest BCUT2D eigenvalue weighted by Crippen LogP contribution is -2.48. The highest BCUT2D eigenvalue weighted by Crippen LogP contribution is 2.29. The monoisotopic (exact) mass is 414 g/mol. The van der Waals surface area contributed by atoms with E-state index < -0.39 is 0 Å². The van der Waals surface area contributed by atoms with Crippen molar-refractivity contribution in [2.24, 2.45) is 0 Å². The van der Waals surface area contributed by atoms with E-state index in [1.807, 2.05) is 36.1 Å². The van der Waals surface area contributed by atoms with Crippen molar-refractivity contribution in [1.82, 2.24) is 9.80 Å². The first-order chi connectivity index (χ1) is 14.1. The van der Waals surface area contributed by atoms with E-state index in [1.54, 1.807) is 24.5 Å². The van der Waals surface area contributed by atoms with Crippen molar-refractivity contribution in [3.8, 4) is 5.75 Å². The lowest BCUT2D eigenvalue weighted by atomic mass is 10.2. The number of hydrogen-bond acceptors (Lipinski definition) is 5. The molecule has 1 aliphatic rings. The molecule has 0 bridgehead atoms. The normalized spacial score (nSPS) is 14.9. The summed E-state index contributed by atoms with van der Waals surface area (Å²) < 4.78 is 16.9. The lowest BCUT2D eigenvalue weighted by Gasteiger charge is -2.33. The van der Waals surface area contributed by atoms with Crippen LogP contribution in [0.1, 0.15) is 27.6 Å². The minimum Gasteiger partial charge on any atom is -0.484 e. The molecule has 0 unspecified atom stereocenters. The number of para-hydroxylation sites is 1. The molecular weight excluding hydrogens is 392 g/mol. The van der Waals surface area contributed by atoms with Crippen molar-refractivity contribution in [2.75, 3.05) is 26.2 Å². The average Bonchev–Trinajstić information content (AvgIpc) is 3.40. The Balaban J connectivity index is 1.30. The molecule has 1 aliphatic heterocycles. The van der Waals surface area contributed by atoms with Gasteiger partial charge in [-0.3, -0.25) is 9.69 Å². The van der Waals surface area contributed by atoms with Crippen molar-refractivity contribution in [3.05, 3.63) is 76.6 Å². The first kappa shape index (κ1) is 19.6. The molecule has 1 fully saturated rings. The van der Waals surface area contributed by atoms with Crippen LogP contribution in [0, 0.1) is 6.92 Å². The van der Waals surface area contributed by atoms with E-state index in [1.165, 1.54) is 0 Å². The molecule has 0 atom stereocenters. The fourth-order valence-corrected chi connectivity index (χ4v) is 3.68. The van der Waals surface area contributed by atoms with Crippen LogP contribution in [-0.2, 0) is 13.2 Å². The van der Waals surface area contributed by atoms with Gasteiger partial charge in [0.15, 0.2) is 5.76 Å². The minimum atomic E-state index is -0.0946. The summed E-state index contributed by atoms with van der Waals surface area (Å²) in [5.74, 6) is 2.39. The van der Waals surface area contributed by atoms with Crippen LogP contribution in [0.25, 0.3) is 0 Å². The van der Waals surface area contributed by atoms with Crippen molar-refractivity contribution >= 4 is 17.5 Å². The second kappa shape index (κ2) is 8.76. The Morgan fingerprint density at radius 1 is 1.07 bits per heavy atom. The van der Waals surface area contributed by atoms with Crippen LogP contribution in [0.4, 0.5) is 0 Å². The predicted molar refractivity (Wildman–Crippen MR) is 109 cm³/mol. The molecule has 3 heterocycles. The number of piperazine rings is 1. The molecule has 0 saturated carbocycles. The molecule has 3 aromatic rings. The molecule has 4 rings (SSSR count). The topological polar surface area (TPSA) is 59.1 Å². The third kappa shape index (κ3) is 4.66. The van der Waals surface area contributed by atoms with E-state index in [0.717, 1.165) is 31.0 Å². The average molecular weight is 415 g/mol. The molecule has 0 spiro atoms. The number of hydrogen-bond donors (Lipinski definition) is 0. The lowest BCUT2D eigenvalue weighted by molar-refractivity contribution is 0.0586. The van der Waals surface area contributed by atoms with Gasteiger partial charge in [-0.15, -0.1) is 0 Å². The number of amides is 1. The molecule has 0 aliphatic carbocycles. The highest BCUT2D eigenvalue weighted by Gasteiger charge is 2.24. The Labute approximate surface area is 174 Å². The van der Waals surface area contributed by atoms with Crippen molar-refractivity contribution < 1.29 is 18.4 Å². The van der Waals surface area contributed by atoms with E-state index in [0.29, 0.717) is 35.4 Å². The molecule has 7 heteroatoms. The summed E-state index contributed by atoms with van der Waals surface area (Å²) in [5.41, 5.74) is 0.952. The highest BCUT2D eigenvalue weighted by atomic mass is 35.5. The molecule has 2 aromatic heterocycles. The van der Waals surface area contributed by atoms with Gasteiger partial charge in [0.2, 0.25) is 0 Å². The summed E-state index contributed by atoms with van der Waals surface area (Å²) >= 11 is 6.18. The van der Waals surface area contributed by atoms with E-state index in [-0.39, 0.29) is 12.5 Å². The summed E-state index contributed by atoms with van der Waals surface area (Å²) in [4.78, 5) is 16.8. The second-order valence-corrected chi connectivity index (χ2v) is 7.50. The Morgan fingerprint density at radius 2 is 1.90 bits per heavy atom. The summed E-state index contributed by atoms with van der Waals surface area (Å²) in [6, 6.07) is 12.9. The number of halogens is 1. The largest absolute Gasteiger partial charge is 0.484 e. The van der Waals surface area contributed by atoms with Gasteiger partial charge in [0.25, 0.3) is 5.91 Å². The number of carbonyl (C=O) groups is 1. The SMILES string of the molecule is Cc1cccc(Cl)c1OCc1ccc(C(=O)N2CCN(Cc3ccco3)CC2)o1. The van der Waals surface area contributed by atoms with Crippen LogP contribution in [0.3, 0.4) is 0 Å². The van der Waals surface area contributed by atoms with Crippen LogP contribution < -0.4 is 4.74 Å². The van der Waals surface area contributed by atoms with Crippen molar-refractivity contribution in [3.63, 3.8) is 0 Å². The number of nitrogens with zero attached hydrogens (tertiary/aromatic N) is 2. The molecular formula is C22H23ClN2O4. The Hall–Kier alpha value is -2.70. The van der Waals surface area contributed by atoms with Crippen LogP contribution in [-0.4, -0.2) is 41.9 Å². The first-order valence-electron chi connectivity index (χ1n) is 9.61. The van der Waals surface area contributed by atoms with Crippen molar-refractivity contribution in [2.45, 2.75) is 20.1 Å². The van der Waals surface area contributed by atoms with Crippen LogP contribution in [0.15, 0.2) is 57.6 Å². The zero-order valence-electron chi connectivity index (χ0n) is 16.3. The number of aryl methyl sites for hydroxylation is 1. The van der Waals surface area contributed by atoms with Crippen molar-refractivity contribution in [1.29, 1.82) is 0 Å². The molecule has 1 aromatic carbocycles. The standard InChI is InChI=1S/C22H23ClN2O4/c1-16-4-2-6-19(23)21(16)28-15-18-7-8-20(29-18)22(26)25-11-9-24(10-12-25)14-17-5-3-13-27-17/h2-8,13H,9-12,14-15H2,1H3. The fraction of sp³-hybridized carbons (Fsp3) is 0.318. The van der Waals surface area contributed by atoms with E-state index in [9.17, 15) is 4.79 Å². The van der Waals surface area contributed by atoms with Gasteiger partial charge in [0, 0.05) is 26.2 Å². The maximum atomic E-state index is 12.8. The van der Waals surface area contributed by atoms with Gasteiger partial charge < -0.3 is 18.5 Å². The summed E-state index contributed by atoms with van der Waals surface area (Å²) in [6.45, 7) is 5.83. The van der Waals surface area contributed by atoms with Gasteiger partial charge in [-0.05, 0) is 42.8 Å². The van der Waals surface area contributed by atoms with Gasteiger partial charge in [-0.25, -0.2) is 0 Å². The Bertz CT molecular complexity index is 939. The first-order valence-corrected chi connectivity index (χ1v) is 9.98. The third-order valence-corrected chi connectivity index (χ3v) is 5.31. The summed E-state index contributed by atoms with van der Waals surface area (Å²) in [7, 11) is 0. The zero-order chi connectivity index (χ0) is 20.2. The smallest absolute Gasteiger partial charge is 0.289 e. The zero-order valence-corrected chi connectivity index (χ0v) is 17.0. The fourth-order valence-electron chi connectivity index (χ4n) is 3.40. The Kier molecular flexibility index (Phi) is 5.92. The van der Waals surface area contributed by atoms with E-state index in [4.69, 9.17) is 25.2 Å². The van der Waals surface area contributed by atoms with Gasteiger partial charge >= 0.3 is 0 Å². The summed E-state index contributed by atoms with van der Waals surface area (Å²) in [5, 5.41) is 0.556. The molecule has 1 saturated heterocycles. The molecule has 152 valence electrons. The molecule has 6 nitrogen and oxygen atoms in total. The van der Waals surface area contributed by atoms with Gasteiger partial charge in [-0.2, -0.15) is 0 Å². The van der Waals surface area contributed by atoms with E-state index in [2.05, 4.69) is 4.90 Å². The maximum Gasteiger partial charge on any atom is 0.289 e. The third-order valence-electron chi connectivity index (χ3n) is 5.01. The number of rotatable bonds is 6. The summed E-state index contributed by atoms with van der Waals surface area (Å²) in [6.07, 6.45) is 1.68. The van der Waals surface area contributed by atoms with E-state index >= 15 is 0 Å². The van der Waals surface area contributed by atoms with Gasteiger partial charge in [-0.1, -0.05) is 23.7 Å². The quantitative estimate of drug-likeness (QED) is 0.599. The number of benzene rings is 1. The number of furan rings is 2. The minimum absolute atomic E-state index is 0.0946. The molecule has 1 amide bonds. The van der Waals surface area contributed by atoms with Crippen LogP contribution >= 0.6 is 11.6 Å². The predicted octanol–water partition coefficient (Wildman–Crippen LogP) is 4.37. The maximum absolute atomic E-state index is 12.8.